The first-order valence-electron chi connectivity index (χ1n) is 2.99. The lowest BCUT2D eigenvalue weighted by atomic mass is 10.2. The molecule has 0 saturated carbocycles. The van der Waals surface area contributed by atoms with Gasteiger partial charge >= 0.3 is 12.0 Å². The molecule has 2 N–H and O–H groups in total. The molecule has 0 bridgehead atoms. The van der Waals surface area contributed by atoms with E-state index in [1.54, 1.807) is 0 Å². The predicted octanol–water partition coefficient (Wildman–Crippen LogP) is -0.278. The number of cyclic esters (lactones) is 1. The molecule has 6 heteroatoms. The van der Waals surface area contributed by atoms with Crippen LogP contribution in [0.5, 0.6) is 0 Å². The molecule has 1 heterocycles. The van der Waals surface area contributed by atoms with E-state index in [1.807, 2.05) is 0 Å². The van der Waals surface area contributed by atoms with Crippen molar-refractivity contribution in [3.63, 3.8) is 0 Å². The van der Waals surface area contributed by atoms with Crippen LogP contribution in [0.25, 0.3) is 0 Å². The number of hydrogen-bond donors (Lipinski definition) is 2. The largest absolute Gasteiger partial charge is 0.438 e. The number of carbonyl (C=O) groups excluding carboxylic acids is 1. The van der Waals surface area contributed by atoms with Crippen molar-refractivity contribution >= 4 is 6.09 Å². The maximum absolute atomic E-state index is 12.5. The number of alkyl halides is 2. The molecule has 0 aromatic carbocycles. The van der Waals surface area contributed by atoms with Crippen LogP contribution < -0.4 is 5.32 Å². The van der Waals surface area contributed by atoms with E-state index >= 15 is 0 Å². The summed E-state index contributed by atoms with van der Waals surface area (Å²) in [6.45, 7) is -1.57. The molecule has 0 aromatic rings. The Bertz CT molecular complexity index is 173. The van der Waals surface area contributed by atoms with Crippen LogP contribution in [-0.4, -0.2) is 36.4 Å². The Kier molecular flexibility index (Phi) is 1.95. The van der Waals surface area contributed by atoms with Crippen molar-refractivity contribution in [1.82, 2.24) is 5.32 Å². The SMILES string of the molecule is O=C1NCC(C(F)(F)CO)O1. The summed E-state index contributed by atoms with van der Waals surface area (Å²) in [6.07, 6.45) is -2.41. The number of nitrogens with one attached hydrogen (secondary N) is 1. The number of aliphatic hydroxyl groups is 1. The predicted molar refractivity (Wildman–Crippen MR) is 30.3 cm³/mol. The summed E-state index contributed by atoms with van der Waals surface area (Å²) in [5.41, 5.74) is 0. The van der Waals surface area contributed by atoms with Gasteiger partial charge in [-0.2, -0.15) is 8.78 Å². The van der Waals surface area contributed by atoms with E-state index in [-0.39, 0.29) is 6.54 Å². The highest BCUT2D eigenvalue weighted by atomic mass is 19.3. The lowest BCUT2D eigenvalue weighted by molar-refractivity contribution is -0.123. The molecule has 0 aromatic heterocycles. The molecule has 1 amide bonds. The second-order valence-corrected chi connectivity index (χ2v) is 2.19. The average molecular weight is 167 g/mol. The zero-order valence-corrected chi connectivity index (χ0v) is 5.51. The number of hydrogen-bond acceptors (Lipinski definition) is 3. The number of aliphatic hydroxyl groups excluding tert-OH is 1. The molecule has 0 aliphatic carbocycles. The number of carbonyl (C=O) groups is 1. The molecule has 1 fully saturated rings. The summed E-state index contributed by atoms with van der Waals surface area (Å²) in [6, 6.07) is 0. The number of alkyl carbamates (subject to hydrolysis) is 1. The molecular weight excluding hydrogens is 160 g/mol. The Morgan fingerprint density at radius 1 is 1.82 bits per heavy atom. The second-order valence-electron chi connectivity index (χ2n) is 2.19. The topological polar surface area (TPSA) is 58.6 Å². The van der Waals surface area contributed by atoms with Crippen LogP contribution in [0.3, 0.4) is 0 Å². The second kappa shape index (κ2) is 2.61. The smallest absolute Gasteiger partial charge is 0.407 e. The van der Waals surface area contributed by atoms with Gasteiger partial charge in [-0.25, -0.2) is 4.79 Å². The van der Waals surface area contributed by atoms with Gasteiger partial charge in [0.25, 0.3) is 0 Å². The maximum Gasteiger partial charge on any atom is 0.407 e. The van der Waals surface area contributed by atoms with Gasteiger partial charge in [-0.05, 0) is 0 Å². The van der Waals surface area contributed by atoms with E-state index in [0.717, 1.165) is 0 Å². The highest BCUT2D eigenvalue weighted by molar-refractivity contribution is 5.69. The van der Waals surface area contributed by atoms with Crippen molar-refractivity contribution in [2.45, 2.75) is 12.0 Å². The standard InChI is InChI=1S/C5H7F2NO3/c6-5(7,2-9)3-1-8-4(10)11-3/h3,9H,1-2H2,(H,8,10). The number of rotatable bonds is 2. The van der Waals surface area contributed by atoms with Gasteiger partial charge in [0.1, 0.15) is 6.61 Å². The Balaban J connectivity index is 2.55. The number of halogens is 2. The van der Waals surface area contributed by atoms with Crippen LogP contribution >= 0.6 is 0 Å². The lowest BCUT2D eigenvalue weighted by Gasteiger charge is -2.17. The molecule has 11 heavy (non-hydrogen) atoms. The van der Waals surface area contributed by atoms with Crippen molar-refractivity contribution in [2.24, 2.45) is 0 Å². The van der Waals surface area contributed by atoms with Crippen molar-refractivity contribution < 1.29 is 23.4 Å². The molecule has 1 aliphatic heterocycles. The molecule has 0 radical (unpaired) electrons. The highest BCUT2D eigenvalue weighted by Gasteiger charge is 2.45. The fourth-order valence-electron chi connectivity index (χ4n) is 0.726. The zero-order valence-electron chi connectivity index (χ0n) is 5.51. The van der Waals surface area contributed by atoms with Crippen LogP contribution in [0.15, 0.2) is 0 Å². The minimum Gasteiger partial charge on any atom is -0.438 e. The van der Waals surface area contributed by atoms with Gasteiger partial charge in [0.05, 0.1) is 6.54 Å². The molecular formula is C5H7F2NO3. The van der Waals surface area contributed by atoms with E-state index in [0.29, 0.717) is 0 Å². The van der Waals surface area contributed by atoms with Crippen LogP contribution in [0.4, 0.5) is 13.6 Å². The fraction of sp³-hybridized carbons (Fsp3) is 0.800. The molecule has 0 spiro atoms. The normalized spacial score (nSPS) is 24.6. The highest BCUT2D eigenvalue weighted by Crippen LogP contribution is 2.22. The molecule has 64 valence electrons. The van der Waals surface area contributed by atoms with Gasteiger partial charge in [-0.1, -0.05) is 0 Å². The van der Waals surface area contributed by atoms with Crippen molar-refractivity contribution in [1.29, 1.82) is 0 Å². The lowest BCUT2D eigenvalue weighted by Crippen LogP contribution is -2.39. The Morgan fingerprint density at radius 2 is 2.45 bits per heavy atom. The zero-order chi connectivity index (χ0) is 8.48. The summed E-state index contributed by atoms with van der Waals surface area (Å²) in [5, 5.41) is 10.2. The summed E-state index contributed by atoms with van der Waals surface area (Å²) in [5.74, 6) is -3.35. The van der Waals surface area contributed by atoms with Gasteiger partial charge in [0, 0.05) is 0 Å². The minimum atomic E-state index is -3.35. The van der Waals surface area contributed by atoms with Crippen molar-refractivity contribution in [2.75, 3.05) is 13.2 Å². The quantitative estimate of drug-likeness (QED) is 0.594. The first kappa shape index (κ1) is 8.19. The summed E-state index contributed by atoms with van der Waals surface area (Å²) in [7, 11) is 0. The van der Waals surface area contributed by atoms with Gasteiger partial charge in [0.2, 0.25) is 0 Å². The average Bonchev–Trinajstić information content (AvgIpc) is 2.36. The van der Waals surface area contributed by atoms with E-state index in [9.17, 15) is 13.6 Å². The summed E-state index contributed by atoms with van der Waals surface area (Å²) < 4.78 is 29.1. The van der Waals surface area contributed by atoms with Gasteiger partial charge in [-0.3, -0.25) is 0 Å². The Labute approximate surface area is 61.1 Å². The van der Waals surface area contributed by atoms with E-state index in [4.69, 9.17) is 5.11 Å². The Morgan fingerprint density at radius 3 is 2.82 bits per heavy atom. The maximum atomic E-state index is 12.5. The fourth-order valence-corrected chi connectivity index (χ4v) is 0.726. The third kappa shape index (κ3) is 1.56. The molecule has 4 nitrogen and oxygen atoms in total. The molecule has 1 aliphatic rings. The van der Waals surface area contributed by atoms with Crippen LogP contribution in [0, 0.1) is 0 Å². The third-order valence-corrected chi connectivity index (χ3v) is 1.36. The minimum absolute atomic E-state index is 0.258. The molecule has 1 saturated heterocycles. The first-order chi connectivity index (χ1) is 5.06. The summed E-state index contributed by atoms with van der Waals surface area (Å²) >= 11 is 0. The van der Waals surface area contributed by atoms with Gasteiger partial charge in [0.15, 0.2) is 6.10 Å². The van der Waals surface area contributed by atoms with E-state index in [2.05, 4.69) is 10.1 Å². The number of amides is 1. The summed E-state index contributed by atoms with van der Waals surface area (Å²) in [4.78, 5) is 10.3. The first-order valence-corrected chi connectivity index (χ1v) is 2.99. The van der Waals surface area contributed by atoms with Gasteiger partial charge < -0.3 is 15.2 Å². The monoisotopic (exact) mass is 167 g/mol. The molecule has 1 rings (SSSR count). The molecule has 1 atom stereocenters. The molecule has 1 unspecified atom stereocenters. The third-order valence-electron chi connectivity index (χ3n) is 1.36. The van der Waals surface area contributed by atoms with Crippen molar-refractivity contribution in [3.8, 4) is 0 Å². The van der Waals surface area contributed by atoms with Crippen LogP contribution in [0.2, 0.25) is 0 Å². The van der Waals surface area contributed by atoms with E-state index < -0.39 is 24.7 Å². The van der Waals surface area contributed by atoms with Crippen LogP contribution in [0.1, 0.15) is 0 Å². The number of ether oxygens (including phenoxy) is 1. The Hall–Kier alpha value is -0.910. The van der Waals surface area contributed by atoms with E-state index in [1.165, 1.54) is 0 Å². The van der Waals surface area contributed by atoms with Crippen molar-refractivity contribution in [3.05, 3.63) is 0 Å². The van der Waals surface area contributed by atoms with Gasteiger partial charge in [-0.15, -0.1) is 0 Å². The van der Waals surface area contributed by atoms with Crippen LogP contribution in [-0.2, 0) is 4.74 Å².